The summed E-state index contributed by atoms with van der Waals surface area (Å²) in [6.07, 6.45) is 1.62. The molecule has 0 fully saturated rings. The number of anilines is 3. The van der Waals surface area contributed by atoms with Gasteiger partial charge in [-0.2, -0.15) is 4.98 Å². The zero-order valence-electron chi connectivity index (χ0n) is 10.1. The molecule has 0 aliphatic heterocycles. The van der Waals surface area contributed by atoms with Gasteiger partial charge >= 0.3 is 0 Å². The van der Waals surface area contributed by atoms with Crippen LogP contribution < -0.4 is 21.3 Å². The van der Waals surface area contributed by atoms with Crippen LogP contribution in [-0.2, 0) is 0 Å². The van der Waals surface area contributed by atoms with E-state index in [2.05, 4.69) is 20.7 Å². The number of nitrogens with two attached hydrogens (primary N) is 1. The number of hydrazine groups is 1. The zero-order chi connectivity index (χ0) is 12.8. The van der Waals surface area contributed by atoms with Gasteiger partial charge in [0, 0.05) is 11.9 Å². The Bertz CT molecular complexity index is 500. The van der Waals surface area contributed by atoms with Crippen molar-refractivity contribution in [2.75, 3.05) is 17.3 Å². The third-order valence-corrected chi connectivity index (χ3v) is 2.22. The van der Waals surface area contributed by atoms with Gasteiger partial charge in [-0.3, -0.25) is 5.43 Å². The van der Waals surface area contributed by atoms with Gasteiger partial charge in [0.25, 0.3) is 0 Å². The van der Waals surface area contributed by atoms with Gasteiger partial charge in [-0.25, -0.2) is 10.8 Å². The maximum Gasteiger partial charge on any atom is 0.239 e. The highest BCUT2D eigenvalue weighted by atomic mass is 16.5. The number of nitrogens with zero attached hydrogens (tertiary/aromatic N) is 2. The predicted molar refractivity (Wildman–Crippen MR) is 70.7 cm³/mol. The van der Waals surface area contributed by atoms with Crippen LogP contribution in [0.15, 0.2) is 36.5 Å². The fourth-order valence-corrected chi connectivity index (χ4v) is 1.45. The monoisotopic (exact) mass is 245 g/mol. The second-order valence-corrected chi connectivity index (χ2v) is 3.49. The van der Waals surface area contributed by atoms with E-state index in [0.717, 1.165) is 11.4 Å². The number of aromatic nitrogens is 2. The molecule has 2 aromatic rings. The summed E-state index contributed by atoms with van der Waals surface area (Å²) in [6, 6.07) is 9.40. The maximum atomic E-state index is 5.37. The Balaban J connectivity index is 2.08. The van der Waals surface area contributed by atoms with Crippen molar-refractivity contribution in [3.05, 3.63) is 36.5 Å². The van der Waals surface area contributed by atoms with Gasteiger partial charge < -0.3 is 10.1 Å². The van der Waals surface area contributed by atoms with Crippen LogP contribution in [0.25, 0.3) is 0 Å². The first-order valence-electron chi connectivity index (χ1n) is 5.61. The molecule has 0 aliphatic carbocycles. The number of hydrogen-bond donors (Lipinski definition) is 3. The minimum Gasteiger partial charge on any atom is -0.494 e. The number of benzene rings is 1. The van der Waals surface area contributed by atoms with Crippen molar-refractivity contribution >= 4 is 17.5 Å². The zero-order valence-corrected chi connectivity index (χ0v) is 10.1. The number of rotatable bonds is 5. The lowest BCUT2D eigenvalue weighted by Crippen LogP contribution is -2.10. The van der Waals surface area contributed by atoms with Crippen LogP contribution in [0.4, 0.5) is 17.5 Å². The van der Waals surface area contributed by atoms with E-state index < -0.39 is 0 Å². The molecule has 0 saturated carbocycles. The van der Waals surface area contributed by atoms with Crippen molar-refractivity contribution in [3.8, 4) is 5.75 Å². The standard InChI is InChI=1S/C12H15N5O/c1-2-18-10-5-3-9(4-6-10)15-11-7-8-14-12(16-11)17-13/h3-8H,2,13H2,1H3,(H2,14,15,16,17). The summed E-state index contributed by atoms with van der Waals surface area (Å²) in [5.41, 5.74) is 3.31. The summed E-state index contributed by atoms with van der Waals surface area (Å²) >= 11 is 0. The number of nitrogens with one attached hydrogen (secondary N) is 2. The first-order valence-corrected chi connectivity index (χ1v) is 5.61. The Kier molecular flexibility index (Phi) is 3.93. The molecule has 0 unspecified atom stereocenters. The third-order valence-electron chi connectivity index (χ3n) is 2.22. The minimum absolute atomic E-state index is 0.367. The van der Waals surface area contributed by atoms with Crippen LogP contribution in [0.3, 0.4) is 0 Å². The summed E-state index contributed by atoms with van der Waals surface area (Å²) in [5, 5.41) is 3.15. The Morgan fingerprint density at radius 1 is 1.22 bits per heavy atom. The summed E-state index contributed by atoms with van der Waals surface area (Å²) < 4.78 is 5.37. The lowest BCUT2D eigenvalue weighted by Gasteiger charge is -2.08. The Hall–Kier alpha value is -2.34. The van der Waals surface area contributed by atoms with Gasteiger partial charge in [0.05, 0.1) is 6.61 Å². The van der Waals surface area contributed by atoms with Crippen LogP contribution in [0, 0.1) is 0 Å². The van der Waals surface area contributed by atoms with Gasteiger partial charge in [0.1, 0.15) is 11.6 Å². The second-order valence-electron chi connectivity index (χ2n) is 3.49. The lowest BCUT2D eigenvalue weighted by molar-refractivity contribution is 0.340. The van der Waals surface area contributed by atoms with E-state index in [0.29, 0.717) is 18.4 Å². The normalized spacial score (nSPS) is 9.89. The van der Waals surface area contributed by atoms with Crippen molar-refractivity contribution < 1.29 is 4.74 Å². The van der Waals surface area contributed by atoms with E-state index in [1.807, 2.05) is 31.2 Å². The molecule has 0 saturated heterocycles. The van der Waals surface area contributed by atoms with Crippen LogP contribution in [0.2, 0.25) is 0 Å². The average Bonchev–Trinajstić information content (AvgIpc) is 2.42. The van der Waals surface area contributed by atoms with E-state index in [1.165, 1.54) is 0 Å². The molecule has 1 heterocycles. The van der Waals surface area contributed by atoms with Gasteiger partial charge in [-0.15, -0.1) is 0 Å². The summed E-state index contributed by atoms with van der Waals surface area (Å²) in [5.74, 6) is 7.12. The largest absolute Gasteiger partial charge is 0.494 e. The van der Waals surface area contributed by atoms with Crippen molar-refractivity contribution in [1.82, 2.24) is 9.97 Å². The maximum absolute atomic E-state index is 5.37. The molecule has 0 spiro atoms. The average molecular weight is 245 g/mol. The minimum atomic E-state index is 0.367. The molecule has 6 nitrogen and oxygen atoms in total. The third kappa shape index (κ3) is 3.08. The molecule has 2 rings (SSSR count). The Labute approximate surface area is 105 Å². The van der Waals surface area contributed by atoms with E-state index in [4.69, 9.17) is 10.6 Å². The fourth-order valence-electron chi connectivity index (χ4n) is 1.45. The van der Waals surface area contributed by atoms with Crippen molar-refractivity contribution in [3.63, 3.8) is 0 Å². The first-order chi connectivity index (χ1) is 8.81. The van der Waals surface area contributed by atoms with Crippen molar-refractivity contribution in [2.45, 2.75) is 6.92 Å². The van der Waals surface area contributed by atoms with Crippen molar-refractivity contribution in [2.24, 2.45) is 5.84 Å². The SMILES string of the molecule is CCOc1ccc(Nc2ccnc(NN)n2)cc1. The number of nitrogen functional groups attached to an aromatic ring is 1. The van der Waals surface area contributed by atoms with Crippen LogP contribution in [-0.4, -0.2) is 16.6 Å². The van der Waals surface area contributed by atoms with Gasteiger partial charge in [0.2, 0.25) is 5.95 Å². The fraction of sp³-hybridized carbons (Fsp3) is 0.167. The first kappa shape index (κ1) is 12.1. The molecule has 6 heteroatoms. The lowest BCUT2D eigenvalue weighted by atomic mass is 10.3. The van der Waals surface area contributed by atoms with E-state index in [-0.39, 0.29) is 0 Å². The molecule has 0 atom stereocenters. The molecule has 94 valence electrons. The Morgan fingerprint density at radius 3 is 2.67 bits per heavy atom. The van der Waals surface area contributed by atoms with E-state index in [9.17, 15) is 0 Å². The molecule has 0 amide bonds. The molecular formula is C12H15N5O. The Morgan fingerprint density at radius 2 is 2.00 bits per heavy atom. The number of ether oxygens (including phenoxy) is 1. The molecule has 1 aromatic carbocycles. The molecule has 1 aromatic heterocycles. The highest BCUT2D eigenvalue weighted by Gasteiger charge is 1.99. The van der Waals surface area contributed by atoms with Gasteiger partial charge in [-0.05, 0) is 37.3 Å². The van der Waals surface area contributed by atoms with Crippen molar-refractivity contribution in [1.29, 1.82) is 0 Å². The van der Waals surface area contributed by atoms with Crippen LogP contribution in [0.1, 0.15) is 6.92 Å². The summed E-state index contributed by atoms with van der Waals surface area (Å²) in [4.78, 5) is 8.09. The quantitative estimate of drug-likeness (QED) is 0.551. The predicted octanol–water partition coefficient (Wildman–Crippen LogP) is 1.90. The highest BCUT2D eigenvalue weighted by Crippen LogP contribution is 2.19. The van der Waals surface area contributed by atoms with E-state index in [1.54, 1.807) is 12.3 Å². The molecule has 0 radical (unpaired) electrons. The molecule has 0 bridgehead atoms. The second kappa shape index (κ2) is 5.83. The highest BCUT2D eigenvalue weighted by molar-refractivity contribution is 5.57. The topological polar surface area (TPSA) is 85.1 Å². The summed E-state index contributed by atoms with van der Waals surface area (Å²) in [7, 11) is 0. The van der Waals surface area contributed by atoms with E-state index >= 15 is 0 Å². The molecular weight excluding hydrogens is 230 g/mol. The molecule has 4 N–H and O–H groups in total. The van der Waals surface area contributed by atoms with Gasteiger partial charge in [0.15, 0.2) is 0 Å². The summed E-state index contributed by atoms with van der Waals surface area (Å²) in [6.45, 7) is 2.61. The molecule has 0 aliphatic rings. The van der Waals surface area contributed by atoms with Gasteiger partial charge in [-0.1, -0.05) is 0 Å². The number of hydrogen-bond acceptors (Lipinski definition) is 6. The molecule has 18 heavy (non-hydrogen) atoms. The van der Waals surface area contributed by atoms with Crippen LogP contribution in [0.5, 0.6) is 5.75 Å². The smallest absolute Gasteiger partial charge is 0.239 e. The van der Waals surface area contributed by atoms with Crippen LogP contribution >= 0.6 is 0 Å².